The number of carbonyl (C=O) groups is 3. The maximum atomic E-state index is 12.8. The van der Waals surface area contributed by atoms with Crippen LogP contribution in [-0.2, 0) is 19.1 Å². The van der Waals surface area contributed by atoms with Gasteiger partial charge in [0, 0.05) is 43.8 Å². The SMILES string of the molecule is CCOc1ccc(N(CC(=O)NCCOC)C(=O)CCC(=O)Nc2nccs2)cc1. The maximum absolute atomic E-state index is 12.8. The van der Waals surface area contributed by atoms with Crippen molar-refractivity contribution in [1.82, 2.24) is 10.3 Å². The molecule has 0 aliphatic rings. The van der Waals surface area contributed by atoms with E-state index in [0.717, 1.165) is 0 Å². The van der Waals surface area contributed by atoms with Crippen LogP contribution < -0.4 is 20.3 Å². The third-order valence-electron chi connectivity index (χ3n) is 3.94. The monoisotopic (exact) mass is 434 g/mol. The van der Waals surface area contributed by atoms with Crippen LogP contribution in [0.15, 0.2) is 35.8 Å². The Hall–Kier alpha value is -2.98. The minimum atomic E-state index is -0.338. The molecular weight excluding hydrogens is 408 g/mol. The molecule has 0 bridgehead atoms. The van der Waals surface area contributed by atoms with E-state index in [4.69, 9.17) is 9.47 Å². The summed E-state index contributed by atoms with van der Waals surface area (Å²) in [4.78, 5) is 42.5. The molecule has 2 rings (SSSR count). The van der Waals surface area contributed by atoms with Crippen molar-refractivity contribution in [2.45, 2.75) is 19.8 Å². The Bertz CT molecular complexity index is 811. The fourth-order valence-electron chi connectivity index (χ4n) is 2.53. The lowest BCUT2D eigenvalue weighted by Crippen LogP contribution is -2.42. The number of benzene rings is 1. The Balaban J connectivity index is 2.02. The van der Waals surface area contributed by atoms with E-state index in [9.17, 15) is 14.4 Å². The molecule has 1 aromatic carbocycles. The number of hydrogen-bond acceptors (Lipinski definition) is 7. The van der Waals surface area contributed by atoms with Gasteiger partial charge in [-0.25, -0.2) is 4.98 Å². The Kier molecular flexibility index (Phi) is 9.75. The minimum Gasteiger partial charge on any atom is -0.494 e. The average molecular weight is 435 g/mol. The van der Waals surface area contributed by atoms with Gasteiger partial charge >= 0.3 is 0 Å². The van der Waals surface area contributed by atoms with E-state index in [2.05, 4.69) is 15.6 Å². The molecule has 0 aliphatic carbocycles. The molecule has 1 heterocycles. The fourth-order valence-corrected chi connectivity index (χ4v) is 3.07. The first-order chi connectivity index (χ1) is 14.5. The second-order valence-electron chi connectivity index (χ2n) is 6.13. The normalized spacial score (nSPS) is 10.3. The van der Waals surface area contributed by atoms with Crippen LogP contribution >= 0.6 is 11.3 Å². The molecule has 2 aromatic rings. The van der Waals surface area contributed by atoms with Gasteiger partial charge in [0.05, 0.1) is 13.2 Å². The summed E-state index contributed by atoms with van der Waals surface area (Å²) >= 11 is 1.30. The maximum Gasteiger partial charge on any atom is 0.240 e. The minimum absolute atomic E-state index is 0.0166. The van der Waals surface area contributed by atoms with Crippen LogP contribution in [0.1, 0.15) is 19.8 Å². The predicted molar refractivity (Wildman–Crippen MR) is 115 cm³/mol. The Morgan fingerprint density at radius 2 is 1.90 bits per heavy atom. The van der Waals surface area contributed by atoms with Crippen molar-refractivity contribution in [3.05, 3.63) is 35.8 Å². The first-order valence-corrected chi connectivity index (χ1v) is 10.4. The van der Waals surface area contributed by atoms with E-state index in [-0.39, 0.29) is 37.1 Å². The van der Waals surface area contributed by atoms with Gasteiger partial charge in [-0.2, -0.15) is 0 Å². The third kappa shape index (κ3) is 7.80. The number of ether oxygens (including phenoxy) is 2. The number of thiazole rings is 1. The van der Waals surface area contributed by atoms with Crippen LogP contribution in [0, 0.1) is 0 Å². The van der Waals surface area contributed by atoms with E-state index in [0.29, 0.717) is 36.3 Å². The van der Waals surface area contributed by atoms with Gasteiger partial charge in [0.1, 0.15) is 12.3 Å². The summed E-state index contributed by atoms with van der Waals surface area (Å²) < 4.78 is 10.3. The van der Waals surface area contributed by atoms with E-state index >= 15 is 0 Å². The zero-order valence-electron chi connectivity index (χ0n) is 17.1. The van der Waals surface area contributed by atoms with Gasteiger partial charge in [-0.15, -0.1) is 11.3 Å². The summed E-state index contributed by atoms with van der Waals surface area (Å²) in [5.41, 5.74) is 0.547. The smallest absolute Gasteiger partial charge is 0.240 e. The third-order valence-corrected chi connectivity index (χ3v) is 4.62. The van der Waals surface area contributed by atoms with E-state index in [1.165, 1.54) is 16.2 Å². The fraction of sp³-hybridized carbons (Fsp3) is 0.400. The number of nitrogens with zero attached hydrogens (tertiary/aromatic N) is 2. The summed E-state index contributed by atoms with van der Waals surface area (Å²) in [5, 5.41) is 7.56. The molecule has 0 atom stereocenters. The molecular formula is C20H26N4O5S. The van der Waals surface area contributed by atoms with E-state index in [1.807, 2.05) is 6.92 Å². The molecule has 30 heavy (non-hydrogen) atoms. The van der Waals surface area contributed by atoms with E-state index in [1.54, 1.807) is 43.0 Å². The standard InChI is InChI=1S/C20H26N4O5S/c1-3-29-16-6-4-15(5-7-16)24(14-18(26)21-10-12-28-2)19(27)9-8-17(25)23-20-22-11-13-30-20/h4-7,11,13H,3,8-10,12,14H2,1-2H3,(H,21,26)(H,22,23,25). The van der Waals surface area contributed by atoms with Crippen LogP contribution in [-0.4, -0.2) is 56.1 Å². The zero-order chi connectivity index (χ0) is 21.8. The summed E-state index contributed by atoms with van der Waals surface area (Å²) in [7, 11) is 1.54. The summed E-state index contributed by atoms with van der Waals surface area (Å²) in [6.07, 6.45) is 1.52. The molecule has 3 amide bonds. The summed E-state index contributed by atoms with van der Waals surface area (Å²) in [6, 6.07) is 6.89. The van der Waals surface area contributed by atoms with Crippen molar-refractivity contribution in [3.63, 3.8) is 0 Å². The largest absolute Gasteiger partial charge is 0.494 e. The number of rotatable bonds is 12. The molecule has 9 nitrogen and oxygen atoms in total. The van der Waals surface area contributed by atoms with Gasteiger partial charge in [0.25, 0.3) is 0 Å². The highest BCUT2D eigenvalue weighted by Crippen LogP contribution is 2.21. The number of hydrogen-bond donors (Lipinski definition) is 2. The number of methoxy groups -OCH3 is 1. The van der Waals surface area contributed by atoms with Crippen molar-refractivity contribution in [3.8, 4) is 5.75 Å². The zero-order valence-corrected chi connectivity index (χ0v) is 17.9. The Morgan fingerprint density at radius 3 is 2.53 bits per heavy atom. The summed E-state index contributed by atoms with van der Waals surface area (Å²) in [5.74, 6) is -0.299. The van der Waals surface area contributed by atoms with Crippen LogP contribution in [0.2, 0.25) is 0 Å². The lowest BCUT2D eigenvalue weighted by Gasteiger charge is -2.22. The summed E-state index contributed by atoms with van der Waals surface area (Å²) in [6.45, 7) is 2.96. The highest BCUT2D eigenvalue weighted by atomic mass is 32.1. The molecule has 0 fully saturated rings. The van der Waals surface area contributed by atoms with Crippen LogP contribution in [0.25, 0.3) is 0 Å². The molecule has 162 valence electrons. The van der Waals surface area contributed by atoms with E-state index < -0.39 is 0 Å². The molecule has 0 unspecified atom stereocenters. The van der Waals surface area contributed by atoms with Gasteiger partial charge in [0.15, 0.2) is 5.13 Å². The number of amides is 3. The molecule has 0 spiro atoms. The second kappa shape index (κ2) is 12.6. The lowest BCUT2D eigenvalue weighted by molar-refractivity contribution is -0.125. The quantitative estimate of drug-likeness (QED) is 0.495. The van der Waals surface area contributed by atoms with Gasteiger partial charge in [-0.3, -0.25) is 14.4 Å². The number of nitrogens with one attached hydrogen (secondary N) is 2. The van der Waals surface area contributed by atoms with Crippen molar-refractivity contribution in [2.75, 3.05) is 43.6 Å². The molecule has 0 saturated carbocycles. The average Bonchev–Trinajstić information content (AvgIpc) is 3.24. The molecule has 0 radical (unpaired) electrons. The van der Waals surface area contributed by atoms with Crippen molar-refractivity contribution >= 4 is 39.9 Å². The predicted octanol–water partition coefficient (Wildman–Crippen LogP) is 2.06. The topological polar surface area (TPSA) is 110 Å². The number of carbonyl (C=O) groups excluding carboxylic acids is 3. The van der Waals surface area contributed by atoms with Crippen molar-refractivity contribution < 1.29 is 23.9 Å². The van der Waals surface area contributed by atoms with Crippen molar-refractivity contribution in [1.29, 1.82) is 0 Å². The number of aromatic nitrogens is 1. The highest BCUT2D eigenvalue weighted by Gasteiger charge is 2.20. The lowest BCUT2D eigenvalue weighted by atomic mass is 10.2. The molecule has 1 aromatic heterocycles. The second-order valence-corrected chi connectivity index (χ2v) is 7.03. The Morgan fingerprint density at radius 1 is 1.13 bits per heavy atom. The Labute approximate surface area is 179 Å². The van der Waals surface area contributed by atoms with Gasteiger partial charge in [0.2, 0.25) is 17.7 Å². The highest BCUT2D eigenvalue weighted by molar-refractivity contribution is 7.13. The van der Waals surface area contributed by atoms with Crippen LogP contribution in [0.5, 0.6) is 5.75 Å². The van der Waals surface area contributed by atoms with Gasteiger partial charge in [-0.05, 0) is 31.2 Å². The number of anilines is 2. The molecule has 0 aliphatic heterocycles. The van der Waals surface area contributed by atoms with Gasteiger partial charge < -0.3 is 25.0 Å². The molecule has 2 N–H and O–H groups in total. The molecule has 0 saturated heterocycles. The van der Waals surface area contributed by atoms with Crippen LogP contribution in [0.4, 0.5) is 10.8 Å². The van der Waals surface area contributed by atoms with Gasteiger partial charge in [-0.1, -0.05) is 0 Å². The van der Waals surface area contributed by atoms with Crippen molar-refractivity contribution in [2.24, 2.45) is 0 Å². The molecule has 10 heteroatoms. The van der Waals surface area contributed by atoms with Crippen LogP contribution in [0.3, 0.4) is 0 Å². The first kappa shape index (κ1) is 23.3. The first-order valence-electron chi connectivity index (χ1n) is 9.51.